The van der Waals surface area contributed by atoms with Crippen molar-refractivity contribution in [3.8, 4) is 11.5 Å². The van der Waals surface area contributed by atoms with Crippen LogP contribution >= 0.6 is 0 Å². The lowest BCUT2D eigenvalue weighted by Gasteiger charge is -2.11. The Balaban J connectivity index is 1.97. The van der Waals surface area contributed by atoms with Gasteiger partial charge in [0.2, 0.25) is 5.69 Å². The minimum absolute atomic E-state index is 0.0479. The zero-order valence-electron chi connectivity index (χ0n) is 17.2. The number of carbonyl (C=O) groups is 1. The fraction of sp³-hybridized carbons (Fsp3) is 0.200. The second-order valence-corrected chi connectivity index (χ2v) is 7.02. The quantitative estimate of drug-likeness (QED) is 0.460. The number of hydrogen-bond donors (Lipinski definition) is 1. The molecule has 0 atom stereocenters. The average molecular weight is 425 g/mol. The topological polar surface area (TPSA) is 142 Å². The summed E-state index contributed by atoms with van der Waals surface area (Å²) in [6.45, 7) is 5.20. The lowest BCUT2D eigenvalue weighted by atomic mass is 10.1. The fourth-order valence-corrected chi connectivity index (χ4v) is 3.26. The van der Waals surface area contributed by atoms with Crippen molar-refractivity contribution < 1.29 is 19.4 Å². The number of anilines is 1. The monoisotopic (exact) mass is 425 g/mol. The van der Waals surface area contributed by atoms with Gasteiger partial charge >= 0.3 is 5.69 Å². The van der Waals surface area contributed by atoms with E-state index in [9.17, 15) is 25.0 Å². The fourth-order valence-electron chi connectivity index (χ4n) is 3.26. The van der Waals surface area contributed by atoms with E-state index in [4.69, 9.17) is 4.74 Å². The maximum absolute atomic E-state index is 12.7. The minimum Gasteiger partial charge on any atom is -0.457 e. The molecule has 0 fully saturated rings. The Morgan fingerprint density at radius 1 is 0.968 bits per heavy atom. The van der Waals surface area contributed by atoms with E-state index in [1.807, 2.05) is 19.9 Å². The SMILES string of the molecule is Cc1cc(C)cc(Oc2cc(NC(=O)c3c([N+](=O)[O-])c(C)nn3C)cc([N+](=O)[O-])c2)c1. The summed E-state index contributed by atoms with van der Waals surface area (Å²) in [5, 5.41) is 29.1. The number of nitro benzene ring substituents is 1. The number of aryl methyl sites for hydroxylation is 4. The van der Waals surface area contributed by atoms with Crippen molar-refractivity contribution in [3.63, 3.8) is 0 Å². The molecule has 0 bridgehead atoms. The normalized spacial score (nSPS) is 10.6. The van der Waals surface area contributed by atoms with Crippen LogP contribution in [0.3, 0.4) is 0 Å². The predicted octanol–water partition coefficient (Wildman–Crippen LogP) is 4.21. The van der Waals surface area contributed by atoms with Gasteiger partial charge in [-0.05, 0) is 44.0 Å². The van der Waals surface area contributed by atoms with E-state index in [1.54, 1.807) is 12.1 Å². The van der Waals surface area contributed by atoms with Gasteiger partial charge in [-0.2, -0.15) is 5.10 Å². The van der Waals surface area contributed by atoms with E-state index < -0.39 is 21.4 Å². The van der Waals surface area contributed by atoms with Crippen LogP contribution in [0.15, 0.2) is 36.4 Å². The molecule has 31 heavy (non-hydrogen) atoms. The van der Waals surface area contributed by atoms with Gasteiger partial charge in [0.15, 0.2) is 0 Å². The molecule has 2 aromatic carbocycles. The van der Waals surface area contributed by atoms with Gasteiger partial charge < -0.3 is 10.1 Å². The van der Waals surface area contributed by atoms with Crippen LogP contribution < -0.4 is 10.1 Å². The van der Waals surface area contributed by atoms with Gasteiger partial charge in [0, 0.05) is 19.2 Å². The number of hydrogen-bond acceptors (Lipinski definition) is 7. The second kappa shape index (κ2) is 8.22. The Hall–Kier alpha value is -4.28. The molecule has 0 spiro atoms. The largest absolute Gasteiger partial charge is 0.457 e. The van der Waals surface area contributed by atoms with Crippen LogP contribution in [0.1, 0.15) is 27.3 Å². The van der Waals surface area contributed by atoms with E-state index in [0.717, 1.165) is 21.9 Å². The van der Waals surface area contributed by atoms with Gasteiger partial charge in [-0.25, -0.2) is 0 Å². The zero-order valence-corrected chi connectivity index (χ0v) is 17.2. The molecule has 0 saturated heterocycles. The average Bonchev–Trinajstić information content (AvgIpc) is 2.94. The van der Waals surface area contributed by atoms with E-state index in [0.29, 0.717) is 5.75 Å². The first-order valence-electron chi connectivity index (χ1n) is 9.10. The first-order chi connectivity index (χ1) is 14.5. The Bertz CT molecular complexity index is 1200. The van der Waals surface area contributed by atoms with Crippen LogP contribution in [-0.2, 0) is 7.05 Å². The molecule has 11 nitrogen and oxygen atoms in total. The van der Waals surface area contributed by atoms with Gasteiger partial charge in [0.25, 0.3) is 11.6 Å². The number of nitrogens with zero attached hydrogens (tertiary/aromatic N) is 4. The summed E-state index contributed by atoms with van der Waals surface area (Å²) in [4.78, 5) is 34.1. The van der Waals surface area contributed by atoms with E-state index in [1.165, 1.54) is 26.1 Å². The summed E-state index contributed by atoms with van der Waals surface area (Å²) in [5.41, 5.74) is 1.01. The number of non-ortho nitro benzene ring substituents is 1. The van der Waals surface area contributed by atoms with E-state index in [2.05, 4.69) is 10.4 Å². The number of benzene rings is 2. The lowest BCUT2D eigenvalue weighted by Crippen LogP contribution is -2.17. The molecular weight excluding hydrogens is 406 g/mol. The number of amides is 1. The molecule has 0 unspecified atom stereocenters. The van der Waals surface area contributed by atoms with Crippen molar-refractivity contribution in [2.24, 2.45) is 7.05 Å². The van der Waals surface area contributed by atoms with E-state index >= 15 is 0 Å². The highest BCUT2D eigenvalue weighted by molar-refractivity contribution is 6.06. The van der Waals surface area contributed by atoms with Crippen LogP contribution in [-0.4, -0.2) is 25.5 Å². The smallest absolute Gasteiger partial charge is 0.322 e. The van der Waals surface area contributed by atoms with Crippen LogP contribution in [0.2, 0.25) is 0 Å². The molecule has 1 aromatic heterocycles. The van der Waals surface area contributed by atoms with Gasteiger partial charge in [0.05, 0.1) is 21.6 Å². The maximum Gasteiger partial charge on any atom is 0.322 e. The molecule has 1 heterocycles. The zero-order chi connectivity index (χ0) is 22.9. The lowest BCUT2D eigenvalue weighted by molar-refractivity contribution is -0.385. The molecule has 0 saturated carbocycles. The summed E-state index contributed by atoms with van der Waals surface area (Å²) < 4.78 is 6.86. The third-order valence-corrected chi connectivity index (χ3v) is 4.38. The maximum atomic E-state index is 12.7. The highest BCUT2D eigenvalue weighted by Crippen LogP contribution is 2.31. The van der Waals surface area contributed by atoms with Crippen molar-refractivity contribution in [1.82, 2.24) is 9.78 Å². The van der Waals surface area contributed by atoms with Gasteiger partial charge in [-0.3, -0.25) is 29.7 Å². The molecule has 0 aliphatic carbocycles. The number of ether oxygens (including phenoxy) is 1. The number of nitrogens with one attached hydrogen (secondary N) is 1. The second-order valence-electron chi connectivity index (χ2n) is 7.02. The first kappa shape index (κ1) is 21.4. The molecule has 3 rings (SSSR count). The number of nitro groups is 2. The van der Waals surface area contributed by atoms with Crippen LogP contribution in [0, 0.1) is 41.0 Å². The molecule has 0 aliphatic rings. The van der Waals surface area contributed by atoms with E-state index in [-0.39, 0.29) is 28.5 Å². The molecule has 1 N–H and O–H groups in total. The first-order valence-corrected chi connectivity index (χ1v) is 9.10. The van der Waals surface area contributed by atoms with Crippen molar-refractivity contribution in [2.45, 2.75) is 20.8 Å². The predicted molar refractivity (Wildman–Crippen MR) is 112 cm³/mol. The summed E-state index contributed by atoms with van der Waals surface area (Å²) in [5.74, 6) is -0.217. The van der Waals surface area contributed by atoms with Crippen molar-refractivity contribution >= 4 is 23.0 Å². The third kappa shape index (κ3) is 4.66. The Kier molecular flexibility index (Phi) is 5.68. The van der Waals surface area contributed by atoms with Gasteiger partial charge in [-0.1, -0.05) is 6.07 Å². The van der Waals surface area contributed by atoms with Crippen LogP contribution in [0.4, 0.5) is 17.1 Å². The summed E-state index contributed by atoms with van der Waals surface area (Å²) in [6, 6.07) is 9.26. The molecule has 0 aliphatic heterocycles. The third-order valence-electron chi connectivity index (χ3n) is 4.38. The summed E-state index contributed by atoms with van der Waals surface area (Å²) >= 11 is 0. The molecule has 1 amide bonds. The highest BCUT2D eigenvalue weighted by Gasteiger charge is 2.29. The Morgan fingerprint density at radius 2 is 1.58 bits per heavy atom. The highest BCUT2D eigenvalue weighted by atomic mass is 16.6. The molecule has 11 heteroatoms. The number of rotatable bonds is 6. The molecule has 0 radical (unpaired) electrons. The molecule has 3 aromatic rings. The van der Waals surface area contributed by atoms with Crippen LogP contribution in [0.5, 0.6) is 11.5 Å². The van der Waals surface area contributed by atoms with Crippen LogP contribution in [0.25, 0.3) is 0 Å². The van der Waals surface area contributed by atoms with Crippen molar-refractivity contribution in [2.75, 3.05) is 5.32 Å². The van der Waals surface area contributed by atoms with Crippen molar-refractivity contribution in [1.29, 1.82) is 0 Å². The minimum atomic E-state index is -0.826. The Morgan fingerprint density at radius 3 is 2.16 bits per heavy atom. The standard InChI is InChI=1S/C20H19N5O6/c1-11-5-12(2)7-16(6-11)31-17-9-14(8-15(10-17)24(27)28)21-20(26)19-18(25(29)30)13(3)22-23(19)4/h5-10H,1-4H3,(H,21,26). The van der Waals surface area contributed by atoms with Gasteiger partial charge in [0.1, 0.15) is 17.2 Å². The summed E-state index contributed by atoms with van der Waals surface area (Å²) in [7, 11) is 1.40. The molecule has 160 valence electrons. The molecular formula is C20H19N5O6. The van der Waals surface area contributed by atoms with Gasteiger partial charge in [-0.15, -0.1) is 0 Å². The number of aromatic nitrogens is 2. The van der Waals surface area contributed by atoms with Crippen molar-refractivity contribution in [3.05, 3.63) is 79.1 Å². The Labute approximate surface area is 176 Å². The number of carbonyl (C=O) groups excluding carboxylic acids is 1. The summed E-state index contributed by atoms with van der Waals surface area (Å²) in [6.07, 6.45) is 0.